The molecule has 2 rings (SSSR count). The van der Waals surface area contributed by atoms with Crippen LogP contribution in [0.5, 0.6) is 0 Å². The Morgan fingerprint density at radius 2 is 1.92 bits per heavy atom. The molecule has 8 heteroatoms. The second kappa shape index (κ2) is 6.38. The summed E-state index contributed by atoms with van der Waals surface area (Å²) in [6.45, 7) is 5.66. The Kier molecular flexibility index (Phi) is 4.68. The lowest BCUT2D eigenvalue weighted by molar-refractivity contribution is -0.385. The summed E-state index contributed by atoms with van der Waals surface area (Å²) < 4.78 is 14.3. The van der Waals surface area contributed by atoms with Gasteiger partial charge in [-0.05, 0) is 38.5 Å². The van der Waals surface area contributed by atoms with Gasteiger partial charge in [-0.1, -0.05) is 12.1 Å². The Hall–Kier alpha value is -2.77. The van der Waals surface area contributed by atoms with Gasteiger partial charge in [0.1, 0.15) is 12.0 Å². The Morgan fingerprint density at radius 3 is 2.42 bits per heavy atom. The SMILES string of the molecule is Cn1cc([N+](=O)[O-])c(C(=O)N(Cc2ccc(F)cc2)C(C)(C)C)n1. The van der Waals surface area contributed by atoms with Gasteiger partial charge in [0.15, 0.2) is 0 Å². The zero-order chi connectivity index (χ0) is 18.1. The zero-order valence-electron chi connectivity index (χ0n) is 14.0. The molecule has 128 valence electrons. The summed E-state index contributed by atoms with van der Waals surface area (Å²) >= 11 is 0. The van der Waals surface area contributed by atoms with E-state index in [0.717, 1.165) is 5.56 Å². The fourth-order valence-electron chi connectivity index (χ4n) is 2.28. The molecule has 24 heavy (non-hydrogen) atoms. The maximum atomic E-state index is 13.1. The van der Waals surface area contributed by atoms with Crippen LogP contribution in [0.4, 0.5) is 10.1 Å². The predicted molar refractivity (Wildman–Crippen MR) is 85.9 cm³/mol. The largest absolute Gasteiger partial charge is 0.328 e. The summed E-state index contributed by atoms with van der Waals surface area (Å²) in [5, 5.41) is 15.1. The lowest BCUT2D eigenvalue weighted by Gasteiger charge is -2.35. The summed E-state index contributed by atoms with van der Waals surface area (Å²) in [4.78, 5) is 24.9. The molecule has 0 bridgehead atoms. The molecule has 0 aliphatic heterocycles. The number of halogens is 1. The van der Waals surface area contributed by atoms with Crippen LogP contribution in [0, 0.1) is 15.9 Å². The highest BCUT2D eigenvalue weighted by Gasteiger charge is 2.34. The van der Waals surface area contributed by atoms with Crippen molar-refractivity contribution in [1.82, 2.24) is 14.7 Å². The van der Waals surface area contributed by atoms with E-state index in [1.165, 1.54) is 35.0 Å². The molecule has 0 aliphatic rings. The smallest absolute Gasteiger partial charge is 0.320 e. The fourth-order valence-corrected chi connectivity index (χ4v) is 2.28. The molecule has 1 aromatic carbocycles. The van der Waals surface area contributed by atoms with E-state index >= 15 is 0 Å². The van der Waals surface area contributed by atoms with E-state index in [2.05, 4.69) is 5.10 Å². The Morgan fingerprint density at radius 1 is 1.33 bits per heavy atom. The standard InChI is InChI=1S/C16H19FN4O3/c1-16(2,3)20(9-11-5-7-12(17)8-6-11)15(22)14-13(21(23)24)10-19(4)18-14/h5-8,10H,9H2,1-4H3. The summed E-state index contributed by atoms with van der Waals surface area (Å²) in [7, 11) is 1.52. The van der Waals surface area contributed by atoms with Crippen molar-refractivity contribution in [3.63, 3.8) is 0 Å². The number of nitrogens with zero attached hydrogens (tertiary/aromatic N) is 4. The Bertz CT molecular complexity index is 763. The Labute approximate surface area is 138 Å². The van der Waals surface area contributed by atoms with Crippen molar-refractivity contribution in [3.05, 3.63) is 57.7 Å². The van der Waals surface area contributed by atoms with Crippen LogP contribution >= 0.6 is 0 Å². The maximum absolute atomic E-state index is 13.1. The second-order valence-electron chi connectivity index (χ2n) is 6.48. The third kappa shape index (κ3) is 3.76. The number of carbonyl (C=O) groups is 1. The van der Waals surface area contributed by atoms with E-state index < -0.39 is 16.4 Å². The van der Waals surface area contributed by atoms with Crippen molar-refractivity contribution < 1.29 is 14.1 Å². The van der Waals surface area contributed by atoms with E-state index in [1.807, 2.05) is 20.8 Å². The molecule has 0 N–H and O–H groups in total. The highest BCUT2D eigenvalue weighted by molar-refractivity contribution is 5.96. The van der Waals surface area contributed by atoms with Crippen molar-refractivity contribution in [2.75, 3.05) is 0 Å². The number of hydrogen-bond donors (Lipinski definition) is 0. The van der Waals surface area contributed by atoms with Gasteiger partial charge in [-0.3, -0.25) is 19.6 Å². The molecule has 1 aromatic heterocycles. The third-order valence-corrected chi connectivity index (χ3v) is 3.52. The first-order chi connectivity index (χ1) is 11.1. The molecule has 0 saturated heterocycles. The number of aryl methyl sites for hydroxylation is 1. The Balaban J connectivity index is 2.40. The van der Waals surface area contributed by atoms with Crippen molar-refractivity contribution in [3.8, 4) is 0 Å². The number of carbonyl (C=O) groups excluding carboxylic acids is 1. The summed E-state index contributed by atoms with van der Waals surface area (Å²) in [6, 6.07) is 5.77. The van der Waals surface area contributed by atoms with Gasteiger partial charge in [0.2, 0.25) is 5.69 Å². The molecular formula is C16H19FN4O3. The van der Waals surface area contributed by atoms with Gasteiger partial charge < -0.3 is 4.90 Å². The predicted octanol–water partition coefficient (Wildman–Crippen LogP) is 2.91. The summed E-state index contributed by atoms with van der Waals surface area (Å²) in [5.74, 6) is -0.910. The molecule has 0 atom stereocenters. The van der Waals surface area contributed by atoms with E-state index in [1.54, 1.807) is 12.1 Å². The average molecular weight is 334 g/mol. The van der Waals surface area contributed by atoms with E-state index in [0.29, 0.717) is 0 Å². The number of hydrogen-bond acceptors (Lipinski definition) is 4. The first kappa shape index (κ1) is 17.6. The molecular weight excluding hydrogens is 315 g/mol. The van der Waals surface area contributed by atoms with Gasteiger partial charge in [0.25, 0.3) is 5.91 Å². The van der Waals surface area contributed by atoms with Crippen LogP contribution in [0.15, 0.2) is 30.5 Å². The topological polar surface area (TPSA) is 81.3 Å². The third-order valence-electron chi connectivity index (χ3n) is 3.52. The van der Waals surface area contributed by atoms with Gasteiger partial charge in [0, 0.05) is 19.1 Å². The number of benzene rings is 1. The highest BCUT2D eigenvalue weighted by atomic mass is 19.1. The van der Waals surface area contributed by atoms with E-state index in [-0.39, 0.29) is 23.7 Å². The normalized spacial score (nSPS) is 11.4. The molecule has 1 amide bonds. The molecule has 0 saturated carbocycles. The van der Waals surface area contributed by atoms with Gasteiger partial charge in [-0.2, -0.15) is 5.10 Å². The monoisotopic (exact) mass is 334 g/mol. The second-order valence-corrected chi connectivity index (χ2v) is 6.48. The van der Waals surface area contributed by atoms with Crippen molar-refractivity contribution in [2.24, 2.45) is 7.05 Å². The minimum atomic E-state index is -0.626. The molecule has 2 aromatic rings. The minimum Gasteiger partial charge on any atom is -0.328 e. The first-order valence-electron chi connectivity index (χ1n) is 7.34. The van der Waals surface area contributed by atoms with Crippen molar-refractivity contribution in [2.45, 2.75) is 32.9 Å². The van der Waals surface area contributed by atoms with Crippen molar-refractivity contribution >= 4 is 11.6 Å². The lowest BCUT2D eigenvalue weighted by Crippen LogP contribution is -2.45. The maximum Gasteiger partial charge on any atom is 0.320 e. The number of rotatable bonds is 4. The van der Waals surface area contributed by atoms with Crippen LogP contribution in [0.2, 0.25) is 0 Å². The van der Waals surface area contributed by atoms with Crippen LogP contribution in [-0.2, 0) is 13.6 Å². The van der Waals surface area contributed by atoms with Crippen LogP contribution < -0.4 is 0 Å². The number of amides is 1. The molecule has 0 fully saturated rings. The van der Waals surface area contributed by atoms with Crippen LogP contribution in [0.1, 0.15) is 36.8 Å². The van der Waals surface area contributed by atoms with Gasteiger partial charge in [-0.15, -0.1) is 0 Å². The molecule has 0 unspecified atom stereocenters. The van der Waals surface area contributed by atoms with E-state index in [4.69, 9.17) is 0 Å². The number of nitro groups is 1. The average Bonchev–Trinajstić information content (AvgIpc) is 2.87. The van der Waals surface area contributed by atoms with Gasteiger partial charge >= 0.3 is 5.69 Å². The first-order valence-corrected chi connectivity index (χ1v) is 7.34. The quantitative estimate of drug-likeness (QED) is 0.636. The molecule has 1 heterocycles. The van der Waals surface area contributed by atoms with Crippen LogP contribution in [0.3, 0.4) is 0 Å². The minimum absolute atomic E-state index is 0.191. The van der Waals surface area contributed by atoms with Crippen LogP contribution in [0.25, 0.3) is 0 Å². The molecule has 7 nitrogen and oxygen atoms in total. The van der Waals surface area contributed by atoms with E-state index in [9.17, 15) is 19.3 Å². The molecule has 0 spiro atoms. The summed E-state index contributed by atoms with van der Waals surface area (Å²) in [5.41, 5.74) is -0.426. The molecule has 0 aliphatic carbocycles. The van der Waals surface area contributed by atoms with Crippen LogP contribution in [-0.4, -0.2) is 31.0 Å². The molecule has 0 radical (unpaired) electrons. The lowest BCUT2D eigenvalue weighted by atomic mass is 10.0. The van der Waals surface area contributed by atoms with Crippen molar-refractivity contribution in [1.29, 1.82) is 0 Å². The van der Waals surface area contributed by atoms with Gasteiger partial charge in [0.05, 0.1) is 4.92 Å². The zero-order valence-corrected chi connectivity index (χ0v) is 14.0. The number of aromatic nitrogens is 2. The fraction of sp³-hybridized carbons (Fsp3) is 0.375. The van der Waals surface area contributed by atoms with Gasteiger partial charge in [-0.25, -0.2) is 4.39 Å². The summed E-state index contributed by atoms with van der Waals surface area (Å²) in [6.07, 6.45) is 1.20. The highest BCUT2D eigenvalue weighted by Crippen LogP contribution is 2.24.